The van der Waals surface area contributed by atoms with E-state index in [9.17, 15) is 19.7 Å². The lowest BCUT2D eigenvalue weighted by Crippen LogP contribution is -2.31. The van der Waals surface area contributed by atoms with E-state index >= 15 is 0 Å². The van der Waals surface area contributed by atoms with Crippen LogP contribution in [0.25, 0.3) is 0 Å². The summed E-state index contributed by atoms with van der Waals surface area (Å²) in [5.41, 5.74) is 5.25. The first-order valence-corrected chi connectivity index (χ1v) is 8.07. The van der Waals surface area contributed by atoms with Crippen LogP contribution in [0.3, 0.4) is 0 Å². The molecule has 0 saturated carbocycles. The van der Waals surface area contributed by atoms with Crippen molar-refractivity contribution in [2.75, 3.05) is 6.61 Å². The van der Waals surface area contributed by atoms with E-state index in [4.69, 9.17) is 19.6 Å². The Balaban J connectivity index is 2.29. The highest BCUT2D eigenvalue weighted by atomic mass is 16.6. The van der Waals surface area contributed by atoms with Gasteiger partial charge in [0.15, 0.2) is 0 Å². The average molecular weight is 372 g/mol. The maximum atomic E-state index is 12.5. The van der Waals surface area contributed by atoms with E-state index in [1.54, 1.807) is 19.9 Å². The summed E-state index contributed by atoms with van der Waals surface area (Å²) >= 11 is 0. The Kier molecular flexibility index (Phi) is 4.68. The number of rotatable bonds is 4. The smallest absolute Gasteiger partial charge is 0.343 e. The van der Waals surface area contributed by atoms with Crippen LogP contribution in [-0.4, -0.2) is 17.5 Å². The van der Waals surface area contributed by atoms with Crippen molar-refractivity contribution in [2.45, 2.75) is 19.8 Å². The van der Waals surface area contributed by atoms with Crippen LogP contribution in [0, 0.1) is 17.0 Å². The number of ether oxygens (including phenoxy) is 2. The fraction of sp³-hybridized carbons (Fsp3) is 0.222. The van der Waals surface area contributed by atoms with Crippen molar-refractivity contribution in [1.29, 1.82) is 0 Å². The van der Waals surface area contributed by atoms with E-state index in [0.717, 1.165) is 0 Å². The number of hydrogen-bond donors (Lipinski definition) is 1. The minimum absolute atomic E-state index is 0.0263. The van der Waals surface area contributed by atoms with Crippen molar-refractivity contribution in [2.24, 2.45) is 5.73 Å². The van der Waals surface area contributed by atoms with E-state index in [1.807, 2.05) is 0 Å². The molecule has 0 amide bonds. The van der Waals surface area contributed by atoms with Gasteiger partial charge in [-0.1, -0.05) is 12.1 Å². The van der Waals surface area contributed by atoms with Gasteiger partial charge in [-0.3, -0.25) is 10.1 Å². The molecule has 0 fully saturated rings. The molecule has 0 bridgehead atoms. The standard InChI is InChI=1S/C18H16N2O7/c1-3-25-17(21)15-13(10-5-4-6-11(8-10)20(23)24)14-12(27-16(15)19)7-9(2)26-18(14)22/h4-8,13H,3,19H2,1-2H3. The molecule has 0 radical (unpaired) electrons. The van der Waals surface area contributed by atoms with Crippen LogP contribution in [-0.2, 0) is 9.53 Å². The molecule has 1 aliphatic heterocycles. The number of nitro benzene ring substituents is 1. The summed E-state index contributed by atoms with van der Waals surface area (Å²) in [4.78, 5) is 35.6. The number of nitro groups is 1. The SMILES string of the molecule is CCOC(=O)C1=C(N)Oc2cc(C)oc(=O)c2C1c1cccc([N+](=O)[O-])c1. The van der Waals surface area contributed by atoms with Crippen LogP contribution >= 0.6 is 0 Å². The van der Waals surface area contributed by atoms with Crippen molar-refractivity contribution < 1.29 is 23.6 Å². The highest BCUT2D eigenvalue weighted by molar-refractivity contribution is 5.92. The summed E-state index contributed by atoms with van der Waals surface area (Å²) in [6.45, 7) is 3.26. The maximum absolute atomic E-state index is 12.5. The molecule has 2 heterocycles. The number of carbonyl (C=O) groups is 1. The highest BCUT2D eigenvalue weighted by Gasteiger charge is 2.38. The second-order valence-corrected chi connectivity index (χ2v) is 5.81. The summed E-state index contributed by atoms with van der Waals surface area (Å²) in [6, 6.07) is 7.05. The Bertz CT molecular complexity index is 1020. The first-order chi connectivity index (χ1) is 12.8. The van der Waals surface area contributed by atoms with Gasteiger partial charge in [-0.25, -0.2) is 9.59 Å². The fourth-order valence-electron chi connectivity index (χ4n) is 2.98. The monoisotopic (exact) mass is 372 g/mol. The largest absolute Gasteiger partial charge is 0.462 e. The summed E-state index contributed by atoms with van der Waals surface area (Å²) in [7, 11) is 0. The van der Waals surface area contributed by atoms with Gasteiger partial charge in [0.05, 0.1) is 23.0 Å². The second kappa shape index (κ2) is 6.94. The van der Waals surface area contributed by atoms with E-state index in [2.05, 4.69) is 0 Å². The minimum atomic E-state index is -1.02. The molecule has 0 saturated heterocycles. The molecular formula is C18H16N2O7. The Hall–Kier alpha value is -3.62. The summed E-state index contributed by atoms with van der Waals surface area (Å²) in [6.07, 6.45) is 0. The average Bonchev–Trinajstić information content (AvgIpc) is 2.60. The lowest BCUT2D eigenvalue weighted by atomic mass is 9.83. The third kappa shape index (κ3) is 3.26. The van der Waals surface area contributed by atoms with Crippen LogP contribution < -0.4 is 16.1 Å². The number of nitrogens with two attached hydrogens (primary N) is 1. The van der Waals surface area contributed by atoms with Crippen molar-refractivity contribution in [3.05, 3.63) is 79.2 Å². The zero-order chi connectivity index (χ0) is 19.7. The molecule has 1 atom stereocenters. The number of aryl methyl sites for hydroxylation is 1. The Morgan fingerprint density at radius 3 is 2.78 bits per heavy atom. The van der Waals surface area contributed by atoms with Gasteiger partial charge in [0.2, 0.25) is 5.88 Å². The topological polar surface area (TPSA) is 135 Å². The summed E-state index contributed by atoms with van der Waals surface area (Å²) in [5.74, 6) is -1.61. The molecule has 0 aliphatic carbocycles. The molecule has 1 unspecified atom stereocenters. The van der Waals surface area contributed by atoms with Crippen LogP contribution in [0.2, 0.25) is 0 Å². The molecule has 140 valence electrons. The van der Waals surface area contributed by atoms with Crippen LogP contribution in [0.1, 0.15) is 29.7 Å². The number of carbonyl (C=O) groups excluding carboxylic acids is 1. The molecule has 9 heteroatoms. The van der Waals surface area contributed by atoms with Crippen molar-refractivity contribution in [3.63, 3.8) is 0 Å². The summed E-state index contributed by atoms with van der Waals surface area (Å²) in [5, 5.41) is 11.1. The molecule has 9 nitrogen and oxygen atoms in total. The molecule has 27 heavy (non-hydrogen) atoms. The zero-order valence-corrected chi connectivity index (χ0v) is 14.6. The minimum Gasteiger partial charge on any atom is -0.462 e. The molecule has 2 N–H and O–H groups in total. The van der Waals surface area contributed by atoms with Crippen molar-refractivity contribution >= 4 is 11.7 Å². The third-order valence-corrected chi connectivity index (χ3v) is 4.05. The Morgan fingerprint density at radius 1 is 1.37 bits per heavy atom. The quantitative estimate of drug-likeness (QED) is 0.490. The van der Waals surface area contributed by atoms with Crippen LogP contribution in [0.15, 0.2) is 51.0 Å². The number of non-ortho nitro benzene ring substituents is 1. The van der Waals surface area contributed by atoms with Gasteiger partial charge < -0.3 is 19.6 Å². The number of nitrogens with zero attached hydrogens (tertiary/aromatic N) is 1. The fourth-order valence-corrected chi connectivity index (χ4v) is 2.98. The molecule has 2 aromatic rings. The predicted molar refractivity (Wildman–Crippen MR) is 93.1 cm³/mol. The first kappa shape index (κ1) is 18.2. The Morgan fingerprint density at radius 2 is 2.11 bits per heavy atom. The van der Waals surface area contributed by atoms with Gasteiger partial charge in [0, 0.05) is 18.2 Å². The van der Waals surface area contributed by atoms with E-state index in [0.29, 0.717) is 11.3 Å². The highest BCUT2D eigenvalue weighted by Crippen LogP contribution is 2.41. The first-order valence-electron chi connectivity index (χ1n) is 8.07. The Labute approximate surface area is 153 Å². The third-order valence-electron chi connectivity index (χ3n) is 4.05. The van der Waals surface area contributed by atoms with Gasteiger partial charge in [0.25, 0.3) is 5.69 Å². The second-order valence-electron chi connectivity index (χ2n) is 5.81. The normalized spacial score (nSPS) is 15.7. The lowest BCUT2D eigenvalue weighted by molar-refractivity contribution is -0.384. The van der Waals surface area contributed by atoms with Crippen molar-refractivity contribution in [3.8, 4) is 5.75 Å². The van der Waals surface area contributed by atoms with E-state index in [1.165, 1.54) is 24.3 Å². The molecule has 1 aromatic carbocycles. The van der Waals surface area contributed by atoms with Gasteiger partial charge in [0.1, 0.15) is 17.1 Å². The van der Waals surface area contributed by atoms with Gasteiger partial charge in [-0.15, -0.1) is 0 Å². The summed E-state index contributed by atoms with van der Waals surface area (Å²) < 4.78 is 15.6. The maximum Gasteiger partial charge on any atom is 0.343 e. The van der Waals surface area contributed by atoms with Crippen LogP contribution in [0.5, 0.6) is 5.75 Å². The molecule has 1 aliphatic rings. The van der Waals surface area contributed by atoms with Crippen LogP contribution in [0.4, 0.5) is 5.69 Å². The van der Waals surface area contributed by atoms with Crippen molar-refractivity contribution in [1.82, 2.24) is 0 Å². The molecule has 3 rings (SSSR count). The molecule has 1 aromatic heterocycles. The van der Waals surface area contributed by atoms with E-state index < -0.39 is 22.4 Å². The lowest BCUT2D eigenvalue weighted by Gasteiger charge is -2.27. The van der Waals surface area contributed by atoms with Gasteiger partial charge in [-0.2, -0.15) is 0 Å². The van der Waals surface area contributed by atoms with E-state index in [-0.39, 0.29) is 35.1 Å². The molecular weight excluding hydrogens is 356 g/mol. The number of fused-ring (bicyclic) bond motifs is 1. The zero-order valence-electron chi connectivity index (χ0n) is 14.6. The number of esters is 1. The van der Waals surface area contributed by atoms with Gasteiger partial charge in [-0.05, 0) is 19.4 Å². The number of hydrogen-bond acceptors (Lipinski definition) is 8. The number of benzene rings is 1. The molecule has 0 spiro atoms. The van der Waals surface area contributed by atoms with Gasteiger partial charge >= 0.3 is 11.6 Å². The predicted octanol–water partition coefficient (Wildman–Crippen LogP) is 2.11.